The zero-order valence-corrected chi connectivity index (χ0v) is 15.2. The smallest absolute Gasteiger partial charge is 0.170 e. The lowest BCUT2D eigenvalue weighted by atomic mass is 10.1. The van der Waals surface area contributed by atoms with E-state index in [-0.39, 0.29) is 0 Å². The second kappa shape index (κ2) is 8.93. The minimum Gasteiger partial charge on any atom is -0.362 e. The van der Waals surface area contributed by atoms with Crippen LogP contribution in [0.1, 0.15) is 25.7 Å². The Morgan fingerprint density at radius 2 is 2.05 bits per heavy atom. The highest BCUT2D eigenvalue weighted by atomic mass is 79.9. The van der Waals surface area contributed by atoms with Crippen molar-refractivity contribution in [2.75, 3.05) is 31.5 Å². The highest BCUT2D eigenvalue weighted by Gasteiger charge is 2.09. The first-order chi connectivity index (χ1) is 10.1. The van der Waals surface area contributed by atoms with Gasteiger partial charge in [-0.1, -0.05) is 18.0 Å². The minimum absolute atomic E-state index is 0.645. The molecule has 1 aromatic rings. The number of thiocarbonyl (C=S) groups is 1. The normalized spacial score (nSPS) is 15.7. The van der Waals surface area contributed by atoms with Crippen molar-refractivity contribution < 1.29 is 0 Å². The van der Waals surface area contributed by atoms with Crippen LogP contribution in [0.3, 0.4) is 0 Å². The van der Waals surface area contributed by atoms with Gasteiger partial charge in [-0.25, -0.2) is 0 Å². The number of likely N-dealkylation sites (tertiary alicyclic amines) is 1. The van der Waals surface area contributed by atoms with E-state index >= 15 is 0 Å². The van der Waals surface area contributed by atoms with E-state index in [4.69, 9.17) is 23.8 Å². The summed E-state index contributed by atoms with van der Waals surface area (Å²) in [5, 5.41) is 7.71. The molecule has 3 nitrogen and oxygen atoms in total. The molecule has 0 saturated carbocycles. The first-order valence-electron chi connectivity index (χ1n) is 7.37. The molecule has 1 aromatic carbocycles. The molecular formula is C15H21BrClN3S. The second-order valence-electron chi connectivity index (χ2n) is 5.27. The van der Waals surface area contributed by atoms with Gasteiger partial charge in [0.25, 0.3) is 0 Å². The maximum atomic E-state index is 6.05. The van der Waals surface area contributed by atoms with Gasteiger partial charge in [0.2, 0.25) is 0 Å². The van der Waals surface area contributed by atoms with Crippen molar-refractivity contribution in [3.8, 4) is 0 Å². The second-order valence-corrected chi connectivity index (χ2v) is 6.94. The maximum Gasteiger partial charge on any atom is 0.170 e. The topological polar surface area (TPSA) is 27.3 Å². The summed E-state index contributed by atoms with van der Waals surface area (Å²) in [4.78, 5) is 2.54. The van der Waals surface area contributed by atoms with Crippen LogP contribution < -0.4 is 10.6 Å². The van der Waals surface area contributed by atoms with Crippen molar-refractivity contribution >= 4 is 50.5 Å². The van der Waals surface area contributed by atoms with Crippen molar-refractivity contribution in [3.05, 3.63) is 27.7 Å². The van der Waals surface area contributed by atoms with Crippen LogP contribution in [0, 0.1) is 0 Å². The Hall–Kier alpha value is -0.360. The Kier molecular flexibility index (Phi) is 7.23. The summed E-state index contributed by atoms with van der Waals surface area (Å²) in [5.41, 5.74) is 0.900. The lowest BCUT2D eigenvalue weighted by Gasteiger charge is -2.26. The van der Waals surface area contributed by atoms with Gasteiger partial charge in [-0.15, -0.1) is 0 Å². The Balaban J connectivity index is 1.63. The summed E-state index contributed by atoms with van der Waals surface area (Å²) in [7, 11) is 0. The van der Waals surface area contributed by atoms with Crippen molar-refractivity contribution in [1.82, 2.24) is 10.2 Å². The molecule has 2 rings (SSSR count). The van der Waals surface area contributed by atoms with E-state index in [0.717, 1.165) is 29.7 Å². The molecule has 6 heteroatoms. The van der Waals surface area contributed by atoms with Crippen molar-refractivity contribution in [1.29, 1.82) is 0 Å². The van der Waals surface area contributed by atoms with Crippen molar-refractivity contribution in [3.63, 3.8) is 0 Å². The van der Waals surface area contributed by atoms with Gasteiger partial charge in [-0.2, -0.15) is 0 Å². The zero-order valence-electron chi connectivity index (χ0n) is 12.0. The van der Waals surface area contributed by atoms with Gasteiger partial charge in [0.15, 0.2) is 5.11 Å². The molecule has 1 aliphatic heterocycles. The number of piperidine rings is 1. The first-order valence-corrected chi connectivity index (χ1v) is 8.95. The van der Waals surface area contributed by atoms with Gasteiger partial charge >= 0.3 is 0 Å². The molecule has 2 N–H and O–H groups in total. The van der Waals surface area contributed by atoms with E-state index in [9.17, 15) is 0 Å². The van der Waals surface area contributed by atoms with Crippen LogP contribution in [0.4, 0.5) is 5.69 Å². The van der Waals surface area contributed by atoms with Crippen LogP contribution in [0.2, 0.25) is 5.02 Å². The summed E-state index contributed by atoms with van der Waals surface area (Å²) in [5.74, 6) is 0. The third-order valence-electron chi connectivity index (χ3n) is 3.56. The zero-order chi connectivity index (χ0) is 15.1. The molecule has 0 bridgehead atoms. The van der Waals surface area contributed by atoms with Gasteiger partial charge in [0.1, 0.15) is 0 Å². The summed E-state index contributed by atoms with van der Waals surface area (Å²) in [6, 6.07) is 5.70. The number of benzene rings is 1. The van der Waals surface area contributed by atoms with Crippen LogP contribution in [-0.2, 0) is 0 Å². The fourth-order valence-electron chi connectivity index (χ4n) is 2.44. The highest BCUT2D eigenvalue weighted by Crippen LogP contribution is 2.25. The number of hydrogen-bond donors (Lipinski definition) is 2. The van der Waals surface area contributed by atoms with E-state index in [2.05, 4.69) is 31.5 Å². The molecule has 0 aliphatic carbocycles. The first kappa shape index (κ1) is 17.0. The highest BCUT2D eigenvalue weighted by molar-refractivity contribution is 9.10. The fraction of sp³-hybridized carbons (Fsp3) is 0.533. The van der Waals surface area contributed by atoms with Crippen LogP contribution in [0.25, 0.3) is 0 Å². The van der Waals surface area contributed by atoms with E-state index in [1.54, 1.807) is 0 Å². The molecular weight excluding hydrogens is 370 g/mol. The number of rotatable bonds is 5. The van der Waals surface area contributed by atoms with Crippen LogP contribution >= 0.6 is 39.7 Å². The number of anilines is 1. The Morgan fingerprint density at radius 3 is 2.76 bits per heavy atom. The molecule has 0 amide bonds. The lowest BCUT2D eigenvalue weighted by Crippen LogP contribution is -2.34. The predicted molar refractivity (Wildman–Crippen MR) is 98.3 cm³/mol. The molecule has 0 unspecified atom stereocenters. The van der Waals surface area contributed by atoms with E-state index in [1.165, 1.54) is 32.4 Å². The molecule has 116 valence electrons. The number of hydrogen-bond acceptors (Lipinski definition) is 2. The average Bonchev–Trinajstić information content (AvgIpc) is 2.49. The quantitative estimate of drug-likeness (QED) is 0.580. The predicted octanol–water partition coefficient (Wildman–Crippen LogP) is 4.26. The van der Waals surface area contributed by atoms with E-state index in [1.807, 2.05) is 18.2 Å². The molecule has 0 spiro atoms. The van der Waals surface area contributed by atoms with Gasteiger partial charge in [0, 0.05) is 16.7 Å². The molecule has 1 aliphatic rings. The SMILES string of the molecule is S=C(NCCCN1CCCCC1)Nc1ccc(Br)c(Cl)c1. The molecule has 1 heterocycles. The summed E-state index contributed by atoms with van der Waals surface area (Å²) < 4.78 is 0.884. The molecule has 0 aromatic heterocycles. The molecule has 0 atom stereocenters. The largest absolute Gasteiger partial charge is 0.362 e. The molecule has 21 heavy (non-hydrogen) atoms. The molecule has 1 saturated heterocycles. The number of nitrogens with one attached hydrogen (secondary N) is 2. The Labute approximate surface area is 145 Å². The van der Waals surface area contributed by atoms with Gasteiger partial charge < -0.3 is 15.5 Å². The lowest BCUT2D eigenvalue weighted by molar-refractivity contribution is 0.227. The third-order valence-corrected chi connectivity index (χ3v) is 5.04. The Bertz CT molecular complexity index is 478. The fourth-order valence-corrected chi connectivity index (χ4v) is 3.08. The van der Waals surface area contributed by atoms with Gasteiger partial charge in [-0.05, 0) is 85.2 Å². The van der Waals surface area contributed by atoms with Crippen LogP contribution in [0.5, 0.6) is 0 Å². The van der Waals surface area contributed by atoms with E-state index in [0.29, 0.717) is 10.1 Å². The summed E-state index contributed by atoms with van der Waals surface area (Å²) >= 11 is 14.7. The minimum atomic E-state index is 0.645. The van der Waals surface area contributed by atoms with Crippen molar-refractivity contribution in [2.24, 2.45) is 0 Å². The van der Waals surface area contributed by atoms with Crippen molar-refractivity contribution in [2.45, 2.75) is 25.7 Å². The number of nitrogens with zero attached hydrogens (tertiary/aromatic N) is 1. The van der Waals surface area contributed by atoms with Crippen LogP contribution in [-0.4, -0.2) is 36.2 Å². The van der Waals surface area contributed by atoms with Crippen LogP contribution in [0.15, 0.2) is 22.7 Å². The standard InChI is InChI=1S/C15H21BrClN3S/c16-13-6-5-12(11-14(13)17)19-15(21)18-7-4-10-20-8-2-1-3-9-20/h5-6,11H,1-4,7-10H2,(H2,18,19,21). The van der Waals surface area contributed by atoms with Gasteiger partial charge in [-0.3, -0.25) is 0 Å². The number of halogens is 2. The maximum absolute atomic E-state index is 6.05. The Morgan fingerprint density at radius 1 is 1.29 bits per heavy atom. The van der Waals surface area contributed by atoms with Gasteiger partial charge in [0.05, 0.1) is 5.02 Å². The molecule has 0 radical (unpaired) electrons. The summed E-state index contributed by atoms with van der Waals surface area (Å²) in [6.45, 7) is 4.55. The monoisotopic (exact) mass is 389 g/mol. The average molecular weight is 391 g/mol. The van der Waals surface area contributed by atoms with E-state index < -0.39 is 0 Å². The third kappa shape index (κ3) is 6.10. The summed E-state index contributed by atoms with van der Waals surface area (Å²) in [6.07, 6.45) is 5.19. The molecule has 1 fully saturated rings.